The van der Waals surface area contributed by atoms with E-state index in [0.29, 0.717) is 36.8 Å². The number of ether oxygens (including phenoxy) is 1. The number of aromatic nitrogens is 2. The van der Waals surface area contributed by atoms with Crippen molar-refractivity contribution in [2.75, 3.05) is 20.3 Å². The van der Waals surface area contributed by atoms with E-state index >= 15 is 0 Å². The highest BCUT2D eigenvalue weighted by Crippen LogP contribution is 2.30. The van der Waals surface area contributed by atoms with Gasteiger partial charge in [-0.15, -0.1) is 0 Å². The zero-order chi connectivity index (χ0) is 12.2. The smallest absolute Gasteiger partial charge is 0.106 e. The van der Waals surface area contributed by atoms with Gasteiger partial charge in [-0.2, -0.15) is 5.10 Å². The van der Waals surface area contributed by atoms with Gasteiger partial charge in [0, 0.05) is 7.11 Å². The van der Waals surface area contributed by atoms with Gasteiger partial charge >= 0.3 is 0 Å². The lowest BCUT2D eigenvalue weighted by Crippen LogP contribution is -2.29. The molecule has 1 heterocycles. The van der Waals surface area contributed by atoms with Crippen LogP contribution in [-0.4, -0.2) is 35.1 Å². The van der Waals surface area contributed by atoms with Crippen molar-refractivity contribution in [2.24, 2.45) is 5.73 Å². The number of nitrogens with two attached hydrogens (primary N) is 1. The molecule has 0 aliphatic heterocycles. The summed E-state index contributed by atoms with van der Waals surface area (Å²) in [4.78, 5) is 0. The fraction of sp³-hybridized carbons (Fsp3) is 0.700. The van der Waals surface area contributed by atoms with Crippen molar-refractivity contribution in [3.63, 3.8) is 0 Å². The van der Waals surface area contributed by atoms with E-state index in [0.717, 1.165) is 0 Å². The summed E-state index contributed by atoms with van der Waals surface area (Å²) in [7, 11) is 1.61. The molecule has 1 aromatic rings. The molecule has 16 heavy (non-hydrogen) atoms. The van der Waals surface area contributed by atoms with Gasteiger partial charge in [-0.05, 0) is 19.9 Å². The number of aliphatic hydroxyl groups is 1. The molecule has 6 heteroatoms. The maximum Gasteiger partial charge on any atom is 0.106 e. The topological polar surface area (TPSA) is 73.3 Å². The Morgan fingerprint density at radius 1 is 1.69 bits per heavy atom. The lowest BCUT2D eigenvalue weighted by molar-refractivity contribution is 0.0393. The summed E-state index contributed by atoms with van der Waals surface area (Å²) in [5, 5.41) is 14.8. The molecule has 0 bridgehead atoms. The molecule has 0 fully saturated rings. The SMILES string of the molecule is COCCn1ncc(Cl)c1C(C)(O)CCN. The summed E-state index contributed by atoms with van der Waals surface area (Å²) >= 11 is 6.02. The molecule has 0 spiro atoms. The van der Waals surface area contributed by atoms with Crippen LogP contribution in [0.25, 0.3) is 0 Å². The minimum atomic E-state index is -1.06. The Labute approximate surface area is 100 Å². The van der Waals surface area contributed by atoms with Crippen molar-refractivity contribution in [1.82, 2.24) is 9.78 Å². The first-order valence-corrected chi connectivity index (χ1v) is 5.54. The predicted octanol–water partition coefficient (Wildman–Crippen LogP) is 0.739. The minimum Gasteiger partial charge on any atom is -0.384 e. The van der Waals surface area contributed by atoms with E-state index in [-0.39, 0.29) is 0 Å². The molecule has 0 aliphatic carbocycles. The molecule has 0 aromatic carbocycles. The van der Waals surface area contributed by atoms with Gasteiger partial charge in [0.15, 0.2) is 0 Å². The molecule has 0 aliphatic rings. The third kappa shape index (κ3) is 2.95. The number of rotatable bonds is 6. The first-order valence-electron chi connectivity index (χ1n) is 5.16. The number of hydrogen-bond donors (Lipinski definition) is 2. The molecule has 0 saturated carbocycles. The van der Waals surface area contributed by atoms with Crippen molar-refractivity contribution < 1.29 is 9.84 Å². The van der Waals surface area contributed by atoms with Crippen molar-refractivity contribution in [3.05, 3.63) is 16.9 Å². The van der Waals surface area contributed by atoms with Crippen LogP contribution in [0.5, 0.6) is 0 Å². The van der Waals surface area contributed by atoms with E-state index in [4.69, 9.17) is 22.1 Å². The Kier molecular flexibility index (Phi) is 4.73. The van der Waals surface area contributed by atoms with Gasteiger partial charge in [-0.3, -0.25) is 4.68 Å². The quantitative estimate of drug-likeness (QED) is 0.778. The van der Waals surface area contributed by atoms with Crippen LogP contribution >= 0.6 is 11.6 Å². The molecular weight excluding hydrogens is 230 g/mol. The van der Waals surface area contributed by atoms with E-state index in [2.05, 4.69) is 5.10 Å². The van der Waals surface area contributed by atoms with Crippen molar-refractivity contribution in [1.29, 1.82) is 0 Å². The lowest BCUT2D eigenvalue weighted by atomic mass is 9.98. The minimum absolute atomic E-state index is 0.388. The highest BCUT2D eigenvalue weighted by molar-refractivity contribution is 6.31. The van der Waals surface area contributed by atoms with Gasteiger partial charge in [0.2, 0.25) is 0 Å². The van der Waals surface area contributed by atoms with E-state index in [9.17, 15) is 5.11 Å². The molecule has 0 amide bonds. The van der Waals surface area contributed by atoms with Gasteiger partial charge in [-0.25, -0.2) is 0 Å². The first kappa shape index (κ1) is 13.4. The average Bonchev–Trinajstić information content (AvgIpc) is 2.57. The molecule has 1 atom stereocenters. The Hall–Kier alpha value is -0.620. The summed E-state index contributed by atoms with van der Waals surface area (Å²) in [6.45, 7) is 3.15. The number of hydrogen-bond acceptors (Lipinski definition) is 4. The van der Waals surface area contributed by atoms with E-state index < -0.39 is 5.60 Å². The van der Waals surface area contributed by atoms with Crippen LogP contribution in [0.1, 0.15) is 19.0 Å². The van der Waals surface area contributed by atoms with Gasteiger partial charge in [0.1, 0.15) is 5.60 Å². The van der Waals surface area contributed by atoms with Gasteiger partial charge < -0.3 is 15.6 Å². The largest absolute Gasteiger partial charge is 0.384 e. The van der Waals surface area contributed by atoms with Crippen molar-refractivity contribution in [3.8, 4) is 0 Å². The molecule has 0 saturated heterocycles. The molecule has 3 N–H and O–H groups in total. The normalized spacial score (nSPS) is 15.1. The summed E-state index contributed by atoms with van der Waals surface area (Å²) < 4.78 is 6.63. The number of nitrogens with zero attached hydrogens (tertiary/aromatic N) is 2. The second-order valence-electron chi connectivity index (χ2n) is 3.87. The highest BCUT2D eigenvalue weighted by atomic mass is 35.5. The maximum atomic E-state index is 10.3. The van der Waals surface area contributed by atoms with Gasteiger partial charge in [0.05, 0.1) is 30.1 Å². The summed E-state index contributed by atoms with van der Waals surface area (Å²) in [5.41, 5.74) is 5.00. The van der Waals surface area contributed by atoms with Crippen LogP contribution in [0.2, 0.25) is 5.02 Å². The predicted molar refractivity (Wildman–Crippen MR) is 62.4 cm³/mol. The van der Waals surface area contributed by atoms with E-state index in [1.165, 1.54) is 6.20 Å². The summed E-state index contributed by atoms with van der Waals surface area (Å²) in [6.07, 6.45) is 1.96. The zero-order valence-corrected chi connectivity index (χ0v) is 10.4. The van der Waals surface area contributed by atoms with Crippen LogP contribution < -0.4 is 5.73 Å². The number of methoxy groups -OCH3 is 1. The highest BCUT2D eigenvalue weighted by Gasteiger charge is 2.29. The van der Waals surface area contributed by atoms with Crippen LogP contribution in [0.4, 0.5) is 0 Å². The monoisotopic (exact) mass is 247 g/mol. The molecule has 1 aromatic heterocycles. The van der Waals surface area contributed by atoms with Crippen LogP contribution in [0.3, 0.4) is 0 Å². The van der Waals surface area contributed by atoms with Crippen molar-refractivity contribution >= 4 is 11.6 Å². The third-order valence-electron chi connectivity index (χ3n) is 2.44. The Bertz CT molecular complexity index is 339. The molecule has 5 nitrogen and oxygen atoms in total. The fourth-order valence-corrected chi connectivity index (χ4v) is 1.99. The molecule has 1 unspecified atom stereocenters. The van der Waals surface area contributed by atoms with Crippen molar-refractivity contribution in [2.45, 2.75) is 25.5 Å². The van der Waals surface area contributed by atoms with Gasteiger partial charge in [-0.1, -0.05) is 11.6 Å². The Balaban J connectivity index is 2.96. The zero-order valence-electron chi connectivity index (χ0n) is 9.61. The van der Waals surface area contributed by atoms with Crippen LogP contribution in [0.15, 0.2) is 6.20 Å². The summed E-state index contributed by atoms with van der Waals surface area (Å²) in [6, 6.07) is 0. The van der Waals surface area contributed by atoms with Gasteiger partial charge in [0.25, 0.3) is 0 Å². The Morgan fingerprint density at radius 2 is 2.38 bits per heavy atom. The van der Waals surface area contributed by atoms with E-state index in [1.54, 1.807) is 18.7 Å². The number of halogens is 1. The second-order valence-corrected chi connectivity index (χ2v) is 4.28. The molecule has 92 valence electrons. The molecular formula is C10H18ClN3O2. The molecule has 1 rings (SSSR count). The second kappa shape index (κ2) is 5.63. The summed E-state index contributed by atoms with van der Waals surface area (Å²) in [5.74, 6) is 0. The lowest BCUT2D eigenvalue weighted by Gasteiger charge is -2.24. The van der Waals surface area contributed by atoms with Crippen LogP contribution in [0, 0.1) is 0 Å². The average molecular weight is 248 g/mol. The molecule has 0 radical (unpaired) electrons. The Morgan fingerprint density at radius 3 is 2.94 bits per heavy atom. The van der Waals surface area contributed by atoms with E-state index in [1.807, 2.05) is 0 Å². The standard InChI is InChI=1S/C10H18ClN3O2/c1-10(15,3-4-12)9-8(11)7-13-14(9)5-6-16-2/h7,15H,3-6,12H2,1-2H3. The third-order valence-corrected chi connectivity index (χ3v) is 2.72. The van der Waals surface area contributed by atoms with Crippen LogP contribution in [-0.2, 0) is 16.9 Å². The first-order chi connectivity index (χ1) is 7.53. The maximum absolute atomic E-state index is 10.3. The fourth-order valence-electron chi connectivity index (χ4n) is 1.64.